The van der Waals surface area contributed by atoms with Crippen LogP contribution in [0, 0.1) is 6.92 Å². The van der Waals surface area contributed by atoms with Crippen LogP contribution in [0.3, 0.4) is 0 Å². The topological polar surface area (TPSA) is 82.0 Å². The molecule has 1 aliphatic heterocycles. The van der Waals surface area contributed by atoms with E-state index in [1.54, 1.807) is 28.7 Å². The van der Waals surface area contributed by atoms with Crippen LogP contribution in [0.5, 0.6) is 0 Å². The fourth-order valence-corrected chi connectivity index (χ4v) is 3.62. The van der Waals surface area contributed by atoms with Gasteiger partial charge in [0.1, 0.15) is 5.69 Å². The molecule has 0 aliphatic carbocycles. The molecule has 0 aromatic carbocycles. The second-order valence-corrected chi connectivity index (χ2v) is 6.78. The number of piperidine rings is 1. The first-order valence-electron chi connectivity index (χ1n) is 8.81. The Labute approximate surface area is 151 Å². The molecule has 136 valence electrons. The van der Waals surface area contributed by atoms with Crippen LogP contribution in [0.1, 0.15) is 47.2 Å². The van der Waals surface area contributed by atoms with Crippen LogP contribution in [0.15, 0.2) is 29.0 Å². The SMILES string of the molecule is Cc1cc(-c2cn(C)nc2[C@H]2CCCCN2C(=O)c2ccnn2C)on1. The zero-order valence-corrected chi connectivity index (χ0v) is 15.2. The third-order valence-electron chi connectivity index (χ3n) is 4.87. The van der Waals surface area contributed by atoms with Crippen LogP contribution in [0.25, 0.3) is 11.3 Å². The number of aryl methyl sites for hydroxylation is 3. The third-order valence-corrected chi connectivity index (χ3v) is 4.87. The molecule has 1 saturated heterocycles. The van der Waals surface area contributed by atoms with E-state index in [0.29, 0.717) is 18.0 Å². The van der Waals surface area contributed by atoms with Gasteiger partial charge >= 0.3 is 0 Å². The highest BCUT2D eigenvalue weighted by Crippen LogP contribution is 2.37. The predicted octanol–water partition coefficient (Wildman–Crippen LogP) is 2.48. The molecule has 3 aromatic rings. The lowest BCUT2D eigenvalue weighted by molar-refractivity contribution is 0.0594. The number of carbonyl (C=O) groups is 1. The first kappa shape index (κ1) is 16.6. The number of hydrogen-bond acceptors (Lipinski definition) is 5. The standard InChI is InChI=1S/C18H22N6O2/c1-12-10-16(26-21-12)13-11-22(2)20-17(13)14-6-4-5-9-24(14)18(25)15-7-8-19-23(15)3/h7-8,10-11,14H,4-6,9H2,1-3H3/t14-/m1/s1. The van der Waals surface area contributed by atoms with Gasteiger partial charge in [0.05, 0.1) is 23.0 Å². The van der Waals surface area contributed by atoms with E-state index >= 15 is 0 Å². The van der Waals surface area contributed by atoms with Gasteiger partial charge in [0.15, 0.2) is 5.76 Å². The van der Waals surface area contributed by atoms with Gasteiger partial charge in [-0.1, -0.05) is 5.16 Å². The molecule has 0 bridgehead atoms. The summed E-state index contributed by atoms with van der Waals surface area (Å²) in [5, 5.41) is 12.8. The molecule has 0 unspecified atom stereocenters. The Balaban J connectivity index is 1.74. The van der Waals surface area contributed by atoms with E-state index in [2.05, 4.69) is 15.4 Å². The predicted molar refractivity (Wildman–Crippen MR) is 94.3 cm³/mol. The Hall–Kier alpha value is -2.90. The molecule has 4 heterocycles. The minimum absolute atomic E-state index is 0.0138. The third kappa shape index (κ3) is 2.81. The molecule has 1 fully saturated rings. The summed E-state index contributed by atoms with van der Waals surface area (Å²) in [6.07, 6.45) is 6.50. The number of carbonyl (C=O) groups excluding carboxylic acids is 1. The van der Waals surface area contributed by atoms with E-state index in [4.69, 9.17) is 4.52 Å². The highest BCUT2D eigenvalue weighted by molar-refractivity contribution is 5.93. The van der Waals surface area contributed by atoms with Gasteiger partial charge in [-0.15, -0.1) is 0 Å². The summed E-state index contributed by atoms with van der Waals surface area (Å²) in [5.74, 6) is 0.671. The van der Waals surface area contributed by atoms with Gasteiger partial charge < -0.3 is 9.42 Å². The number of aromatic nitrogens is 5. The van der Waals surface area contributed by atoms with E-state index < -0.39 is 0 Å². The number of hydrogen-bond donors (Lipinski definition) is 0. The van der Waals surface area contributed by atoms with E-state index in [9.17, 15) is 4.79 Å². The average Bonchev–Trinajstić information content (AvgIpc) is 3.34. The van der Waals surface area contributed by atoms with Gasteiger partial charge in [0.2, 0.25) is 0 Å². The van der Waals surface area contributed by atoms with Crippen LogP contribution >= 0.6 is 0 Å². The van der Waals surface area contributed by atoms with E-state index in [-0.39, 0.29) is 11.9 Å². The highest BCUT2D eigenvalue weighted by Gasteiger charge is 2.34. The van der Waals surface area contributed by atoms with Crippen molar-refractivity contribution in [2.24, 2.45) is 14.1 Å². The summed E-state index contributed by atoms with van der Waals surface area (Å²) >= 11 is 0. The lowest BCUT2D eigenvalue weighted by atomic mass is 9.96. The highest BCUT2D eigenvalue weighted by atomic mass is 16.5. The summed E-state index contributed by atoms with van der Waals surface area (Å²) in [6.45, 7) is 2.60. The molecule has 0 N–H and O–H groups in total. The molecule has 0 saturated carbocycles. The smallest absolute Gasteiger partial charge is 0.272 e. The van der Waals surface area contributed by atoms with Crippen LogP contribution in [0.2, 0.25) is 0 Å². The van der Waals surface area contributed by atoms with Crippen molar-refractivity contribution in [3.05, 3.63) is 41.6 Å². The van der Waals surface area contributed by atoms with Gasteiger partial charge in [-0.2, -0.15) is 10.2 Å². The minimum Gasteiger partial charge on any atom is -0.356 e. The average molecular weight is 354 g/mol. The summed E-state index contributed by atoms with van der Waals surface area (Å²) in [7, 11) is 3.67. The molecule has 8 heteroatoms. The van der Waals surface area contributed by atoms with Crippen LogP contribution in [-0.4, -0.2) is 42.1 Å². The quantitative estimate of drug-likeness (QED) is 0.722. The zero-order chi connectivity index (χ0) is 18.3. The maximum Gasteiger partial charge on any atom is 0.272 e. The van der Waals surface area contributed by atoms with Crippen molar-refractivity contribution in [1.29, 1.82) is 0 Å². The monoisotopic (exact) mass is 354 g/mol. The molecular formula is C18H22N6O2. The zero-order valence-electron chi connectivity index (χ0n) is 15.2. The Morgan fingerprint density at radius 3 is 2.85 bits per heavy atom. The Kier molecular flexibility index (Phi) is 4.10. The molecule has 1 aliphatic rings. The van der Waals surface area contributed by atoms with Gasteiger partial charge in [0.25, 0.3) is 5.91 Å². The summed E-state index contributed by atoms with van der Waals surface area (Å²) < 4.78 is 8.85. The molecule has 8 nitrogen and oxygen atoms in total. The molecular weight excluding hydrogens is 332 g/mol. The molecule has 3 aromatic heterocycles. The summed E-state index contributed by atoms with van der Waals surface area (Å²) in [6, 6.07) is 3.57. The lowest BCUT2D eigenvalue weighted by Gasteiger charge is -2.35. The van der Waals surface area contributed by atoms with Crippen molar-refractivity contribution in [3.63, 3.8) is 0 Å². The lowest BCUT2D eigenvalue weighted by Crippen LogP contribution is -2.39. The Morgan fingerprint density at radius 1 is 1.31 bits per heavy atom. The molecule has 1 amide bonds. The normalized spacial score (nSPS) is 17.7. The van der Waals surface area contributed by atoms with Crippen LogP contribution in [0.4, 0.5) is 0 Å². The van der Waals surface area contributed by atoms with Crippen LogP contribution in [-0.2, 0) is 14.1 Å². The van der Waals surface area contributed by atoms with Crippen LogP contribution < -0.4 is 0 Å². The second-order valence-electron chi connectivity index (χ2n) is 6.78. The van der Waals surface area contributed by atoms with Crippen molar-refractivity contribution in [2.75, 3.05) is 6.54 Å². The largest absolute Gasteiger partial charge is 0.356 e. The van der Waals surface area contributed by atoms with Gasteiger partial charge in [-0.25, -0.2) is 0 Å². The van der Waals surface area contributed by atoms with Crippen molar-refractivity contribution < 1.29 is 9.32 Å². The van der Waals surface area contributed by atoms with E-state index in [0.717, 1.165) is 36.2 Å². The number of rotatable bonds is 3. The molecule has 26 heavy (non-hydrogen) atoms. The molecule has 0 radical (unpaired) electrons. The Bertz CT molecular complexity index is 937. The van der Waals surface area contributed by atoms with Gasteiger partial charge in [-0.3, -0.25) is 14.2 Å². The van der Waals surface area contributed by atoms with Crippen molar-refractivity contribution in [3.8, 4) is 11.3 Å². The van der Waals surface area contributed by atoms with Crippen molar-refractivity contribution in [2.45, 2.75) is 32.2 Å². The molecule has 4 rings (SSSR count). The molecule has 1 atom stereocenters. The first-order chi connectivity index (χ1) is 12.5. The Morgan fingerprint density at radius 2 is 2.15 bits per heavy atom. The van der Waals surface area contributed by atoms with E-state index in [1.807, 2.05) is 31.1 Å². The number of nitrogens with zero attached hydrogens (tertiary/aromatic N) is 6. The number of likely N-dealkylation sites (tertiary alicyclic amines) is 1. The first-order valence-corrected chi connectivity index (χ1v) is 8.81. The maximum atomic E-state index is 13.1. The van der Waals surface area contributed by atoms with Gasteiger partial charge in [0, 0.05) is 39.1 Å². The van der Waals surface area contributed by atoms with Crippen molar-refractivity contribution in [1.82, 2.24) is 29.6 Å². The fourth-order valence-electron chi connectivity index (χ4n) is 3.62. The second kappa shape index (κ2) is 6.44. The fraction of sp³-hybridized carbons (Fsp3) is 0.444. The van der Waals surface area contributed by atoms with Gasteiger partial charge in [-0.05, 0) is 32.3 Å². The molecule has 0 spiro atoms. The minimum atomic E-state index is -0.0900. The maximum absolute atomic E-state index is 13.1. The summed E-state index contributed by atoms with van der Waals surface area (Å²) in [5.41, 5.74) is 3.16. The van der Waals surface area contributed by atoms with Crippen molar-refractivity contribution >= 4 is 5.91 Å². The van der Waals surface area contributed by atoms with E-state index in [1.165, 1.54) is 0 Å². The summed E-state index contributed by atoms with van der Waals surface area (Å²) in [4.78, 5) is 15.0. The number of amides is 1.